The zero-order valence-electron chi connectivity index (χ0n) is 18.0. The van der Waals surface area contributed by atoms with Crippen molar-refractivity contribution < 1.29 is 19.7 Å². The molecule has 0 radical (unpaired) electrons. The van der Waals surface area contributed by atoms with E-state index in [1.807, 2.05) is 0 Å². The topological polar surface area (TPSA) is 132 Å². The van der Waals surface area contributed by atoms with Gasteiger partial charge in [-0.1, -0.05) is 22.9 Å². The van der Waals surface area contributed by atoms with E-state index in [-0.39, 0.29) is 24.6 Å². The van der Waals surface area contributed by atoms with Crippen LogP contribution in [0.4, 0.5) is 0 Å². The Labute approximate surface area is 221 Å². The van der Waals surface area contributed by atoms with Crippen molar-refractivity contribution in [1.82, 2.24) is 24.9 Å². The number of aromatic nitrogens is 4. The number of ether oxygens (including phenoxy) is 1. The van der Waals surface area contributed by atoms with E-state index < -0.39 is 12.7 Å². The quantitative estimate of drug-likeness (QED) is 0.243. The minimum Gasteiger partial charge on any atom is -0.488 e. The summed E-state index contributed by atoms with van der Waals surface area (Å²) in [6.45, 7) is -0.495. The summed E-state index contributed by atoms with van der Waals surface area (Å²) >= 11 is 9.14. The van der Waals surface area contributed by atoms with E-state index in [4.69, 9.17) is 21.4 Å². The molecule has 182 valence electrons. The molecule has 1 amide bonds. The standard InChI is InChI=1S/C22H19ClIN5O5S/c23-19-7-6-18(35-19)22(33)25-10-15-21(24)29(27-26-15)16-5-4-13(28-8-2-1-3-20(28)32)9-17(16)34-12-14(31)11-30/h1-9,14,30-31H,10-12H2,(H,25,33)/t14-/m0/s1. The largest absolute Gasteiger partial charge is 0.488 e. The molecule has 0 unspecified atom stereocenters. The van der Waals surface area contributed by atoms with Crippen LogP contribution in [-0.2, 0) is 6.54 Å². The van der Waals surface area contributed by atoms with Gasteiger partial charge in [-0.3, -0.25) is 14.2 Å². The van der Waals surface area contributed by atoms with Gasteiger partial charge in [0.05, 0.1) is 28.1 Å². The van der Waals surface area contributed by atoms with Crippen LogP contribution in [0.3, 0.4) is 0 Å². The summed E-state index contributed by atoms with van der Waals surface area (Å²) < 4.78 is 9.90. The summed E-state index contributed by atoms with van der Waals surface area (Å²) in [5.74, 6) is 0.0456. The molecular weight excluding hydrogens is 609 g/mol. The minimum absolute atomic E-state index is 0.142. The highest BCUT2D eigenvalue weighted by molar-refractivity contribution is 14.1. The lowest BCUT2D eigenvalue weighted by molar-refractivity contribution is 0.0535. The number of hydrogen-bond donors (Lipinski definition) is 3. The highest BCUT2D eigenvalue weighted by Gasteiger charge is 2.18. The molecule has 13 heteroatoms. The molecule has 0 aliphatic rings. The van der Waals surface area contributed by atoms with Gasteiger partial charge in [-0.05, 0) is 52.9 Å². The number of nitrogens with one attached hydrogen (secondary N) is 1. The van der Waals surface area contributed by atoms with Gasteiger partial charge in [-0.15, -0.1) is 16.4 Å². The number of aliphatic hydroxyl groups excluding tert-OH is 2. The molecule has 4 rings (SSSR count). The highest BCUT2D eigenvalue weighted by Crippen LogP contribution is 2.28. The van der Waals surface area contributed by atoms with Crippen molar-refractivity contribution in [1.29, 1.82) is 0 Å². The number of nitrogens with zero attached hydrogens (tertiary/aromatic N) is 4. The molecule has 1 atom stereocenters. The van der Waals surface area contributed by atoms with Crippen LogP contribution in [0.25, 0.3) is 11.4 Å². The number of amides is 1. The fourth-order valence-electron chi connectivity index (χ4n) is 3.07. The lowest BCUT2D eigenvalue weighted by atomic mass is 10.2. The van der Waals surface area contributed by atoms with Crippen molar-refractivity contribution in [3.8, 4) is 17.1 Å². The minimum atomic E-state index is -1.09. The van der Waals surface area contributed by atoms with Crippen LogP contribution in [-0.4, -0.2) is 55.0 Å². The average Bonchev–Trinajstić information content (AvgIpc) is 3.46. The molecule has 35 heavy (non-hydrogen) atoms. The summed E-state index contributed by atoms with van der Waals surface area (Å²) in [6.07, 6.45) is 0.544. The van der Waals surface area contributed by atoms with Gasteiger partial charge >= 0.3 is 0 Å². The average molecular weight is 628 g/mol. The van der Waals surface area contributed by atoms with Gasteiger partial charge in [0, 0.05) is 18.3 Å². The molecule has 3 heterocycles. The molecular formula is C22H19ClIN5O5S. The van der Waals surface area contributed by atoms with Crippen molar-refractivity contribution in [2.45, 2.75) is 12.6 Å². The monoisotopic (exact) mass is 627 g/mol. The number of rotatable bonds is 9. The summed E-state index contributed by atoms with van der Waals surface area (Å²) in [4.78, 5) is 25.1. The van der Waals surface area contributed by atoms with Gasteiger partial charge in [0.2, 0.25) is 0 Å². The van der Waals surface area contributed by atoms with Crippen LogP contribution in [0.5, 0.6) is 5.75 Å². The first-order valence-electron chi connectivity index (χ1n) is 10.2. The lowest BCUT2D eigenvalue weighted by Crippen LogP contribution is -2.23. The Morgan fingerprint density at radius 3 is 2.80 bits per heavy atom. The molecule has 3 aromatic heterocycles. The van der Waals surface area contributed by atoms with Crippen LogP contribution in [0.2, 0.25) is 4.34 Å². The highest BCUT2D eigenvalue weighted by atomic mass is 127. The molecule has 0 aliphatic carbocycles. The predicted octanol–water partition coefficient (Wildman–Crippen LogP) is 2.40. The Bertz CT molecular complexity index is 1400. The third kappa shape index (κ3) is 5.90. The molecule has 3 N–H and O–H groups in total. The van der Waals surface area contributed by atoms with Crippen molar-refractivity contribution in [2.75, 3.05) is 13.2 Å². The Kier molecular flexibility index (Phi) is 8.18. The summed E-state index contributed by atoms with van der Waals surface area (Å²) in [5.41, 5.74) is 1.36. The number of halogens is 2. The van der Waals surface area contributed by atoms with Crippen molar-refractivity contribution in [3.05, 3.63) is 83.7 Å². The molecule has 1 aromatic carbocycles. The van der Waals surface area contributed by atoms with E-state index in [0.717, 1.165) is 0 Å². The Morgan fingerprint density at radius 1 is 1.26 bits per heavy atom. The number of hydrogen-bond acceptors (Lipinski definition) is 8. The molecule has 4 aromatic rings. The van der Waals surface area contributed by atoms with E-state index in [1.54, 1.807) is 48.7 Å². The van der Waals surface area contributed by atoms with Gasteiger partial charge in [0.25, 0.3) is 11.5 Å². The summed E-state index contributed by atoms with van der Waals surface area (Å²) in [5, 5.41) is 30.1. The Balaban J connectivity index is 1.62. The fourth-order valence-corrected chi connectivity index (χ4v) is 4.69. The second-order valence-corrected chi connectivity index (χ2v) is 9.97. The smallest absolute Gasteiger partial charge is 0.261 e. The van der Waals surface area contributed by atoms with E-state index in [9.17, 15) is 14.7 Å². The van der Waals surface area contributed by atoms with Crippen LogP contribution in [0, 0.1) is 3.70 Å². The molecule has 0 bridgehead atoms. The van der Waals surface area contributed by atoms with Crippen LogP contribution >= 0.6 is 45.5 Å². The van der Waals surface area contributed by atoms with E-state index >= 15 is 0 Å². The van der Waals surface area contributed by atoms with E-state index in [2.05, 4.69) is 38.2 Å². The molecule has 0 saturated carbocycles. The van der Waals surface area contributed by atoms with Gasteiger partial charge in [0.15, 0.2) is 0 Å². The predicted molar refractivity (Wildman–Crippen MR) is 139 cm³/mol. The molecule has 0 saturated heterocycles. The van der Waals surface area contributed by atoms with Crippen LogP contribution in [0.15, 0.2) is 59.5 Å². The van der Waals surface area contributed by atoms with Gasteiger partial charge < -0.3 is 20.3 Å². The number of thiophene rings is 1. The summed E-state index contributed by atoms with van der Waals surface area (Å²) in [6, 6.07) is 13.2. The number of carbonyl (C=O) groups is 1. The molecule has 0 fully saturated rings. The van der Waals surface area contributed by atoms with Gasteiger partial charge in [-0.25, -0.2) is 4.68 Å². The zero-order chi connectivity index (χ0) is 24.9. The fraction of sp³-hybridized carbons (Fsp3) is 0.182. The lowest BCUT2D eigenvalue weighted by Gasteiger charge is -2.16. The van der Waals surface area contributed by atoms with Crippen molar-refractivity contribution >= 4 is 51.4 Å². The zero-order valence-corrected chi connectivity index (χ0v) is 21.7. The Morgan fingerprint density at radius 2 is 2.09 bits per heavy atom. The van der Waals surface area contributed by atoms with E-state index in [0.29, 0.717) is 35.7 Å². The first kappa shape index (κ1) is 25.3. The molecule has 10 nitrogen and oxygen atoms in total. The van der Waals surface area contributed by atoms with Crippen molar-refractivity contribution in [2.24, 2.45) is 0 Å². The second kappa shape index (κ2) is 11.3. The SMILES string of the molecule is O=C(NCc1nnn(-c2ccc(-n3ccccc3=O)cc2OC[C@@H](O)CO)c1I)c1ccc(Cl)s1. The third-order valence-electron chi connectivity index (χ3n) is 4.81. The number of pyridine rings is 1. The number of carbonyl (C=O) groups excluding carboxylic acids is 1. The van der Waals surface area contributed by atoms with Crippen LogP contribution < -0.4 is 15.6 Å². The molecule has 0 spiro atoms. The maximum Gasteiger partial charge on any atom is 0.261 e. The molecule has 0 aliphatic heterocycles. The van der Waals surface area contributed by atoms with Crippen LogP contribution in [0.1, 0.15) is 15.4 Å². The number of aliphatic hydroxyl groups is 2. The Hall–Kier alpha value is -2.78. The van der Waals surface area contributed by atoms with Gasteiger partial charge in [0.1, 0.15) is 33.5 Å². The third-order valence-corrected chi connectivity index (χ3v) is 7.12. The maximum atomic E-state index is 12.3. The first-order valence-corrected chi connectivity index (χ1v) is 12.5. The maximum absolute atomic E-state index is 12.3. The summed E-state index contributed by atoms with van der Waals surface area (Å²) in [7, 11) is 0. The second-order valence-electron chi connectivity index (χ2n) is 7.23. The van der Waals surface area contributed by atoms with E-state index in [1.165, 1.54) is 26.7 Å². The first-order chi connectivity index (χ1) is 16.9. The van der Waals surface area contributed by atoms with Gasteiger partial charge in [-0.2, -0.15) is 0 Å². The normalized spacial score (nSPS) is 11.9. The van der Waals surface area contributed by atoms with Crippen molar-refractivity contribution in [3.63, 3.8) is 0 Å². The number of benzene rings is 1.